The van der Waals surface area contributed by atoms with E-state index < -0.39 is 0 Å². The minimum Gasteiger partial charge on any atom is -0.493 e. The number of amides is 1. The number of carbonyl (C=O) groups is 1. The number of allylic oxidation sites excluding steroid dienone is 1. The largest absolute Gasteiger partial charge is 0.493 e. The van der Waals surface area contributed by atoms with Crippen molar-refractivity contribution in [3.8, 4) is 5.75 Å². The molecule has 0 fully saturated rings. The molecule has 154 valence electrons. The lowest BCUT2D eigenvalue weighted by Crippen LogP contribution is -2.13. The Hall–Kier alpha value is -3.78. The highest BCUT2D eigenvalue weighted by Crippen LogP contribution is 2.19. The number of nitrogens with zero attached hydrogens (tertiary/aromatic N) is 2. The highest BCUT2D eigenvalue weighted by atomic mass is 16.5. The van der Waals surface area contributed by atoms with Gasteiger partial charge in [0.25, 0.3) is 5.91 Å². The Bertz CT molecular complexity index is 1060. The zero-order valence-corrected chi connectivity index (χ0v) is 16.6. The minimum absolute atomic E-state index is 0.0495. The molecule has 30 heavy (non-hydrogen) atoms. The van der Waals surface area contributed by atoms with Crippen molar-refractivity contribution >= 4 is 23.5 Å². The van der Waals surface area contributed by atoms with Gasteiger partial charge >= 0.3 is 0 Å². The molecule has 0 bridgehead atoms. The molecule has 1 aromatic carbocycles. The lowest BCUT2D eigenvalue weighted by molar-refractivity contribution is 0.102. The number of aliphatic hydroxyl groups is 1. The maximum Gasteiger partial charge on any atom is 0.274 e. The van der Waals surface area contributed by atoms with Gasteiger partial charge in [0.1, 0.15) is 23.1 Å². The van der Waals surface area contributed by atoms with Crippen molar-refractivity contribution in [1.82, 2.24) is 15.0 Å². The average Bonchev–Trinajstić information content (AvgIpc) is 3.22. The number of aliphatic hydroxyl groups excluding tert-OH is 1. The van der Waals surface area contributed by atoms with Crippen LogP contribution in [0.15, 0.2) is 54.9 Å². The zero-order valence-electron chi connectivity index (χ0n) is 16.6. The van der Waals surface area contributed by atoms with Crippen LogP contribution in [0.5, 0.6) is 5.75 Å². The van der Waals surface area contributed by atoms with Crippen LogP contribution in [0.3, 0.4) is 0 Å². The molecule has 8 heteroatoms. The first-order valence-corrected chi connectivity index (χ1v) is 9.45. The Balaban J connectivity index is 1.65. The van der Waals surface area contributed by atoms with Crippen molar-refractivity contribution in [2.45, 2.75) is 13.3 Å². The summed E-state index contributed by atoms with van der Waals surface area (Å²) < 4.78 is 5.63. The molecule has 8 nitrogen and oxygen atoms in total. The quantitative estimate of drug-likeness (QED) is 0.321. The van der Waals surface area contributed by atoms with Crippen LogP contribution < -0.4 is 10.1 Å². The summed E-state index contributed by atoms with van der Waals surface area (Å²) in [6.45, 7) is 2.34. The van der Waals surface area contributed by atoms with Crippen LogP contribution in [0, 0.1) is 12.3 Å². The molecular weight excluding hydrogens is 382 g/mol. The van der Waals surface area contributed by atoms with Gasteiger partial charge in [-0.25, -0.2) is 9.97 Å². The van der Waals surface area contributed by atoms with Crippen LogP contribution in [0.4, 0.5) is 5.82 Å². The SMILES string of the molecule is Cc1ccnc(NC(=O)c2cnc(/C=C\C(=N)c3ccccc3OCCCO)[nH]2)c1. The van der Waals surface area contributed by atoms with E-state index >= 15 is 0 Å². The number of benzene rings is 1. The predicted molar refractivity (Wildman–Crippen MR) is 115 cm³/mol. The molecule has 0 unspecified atom stereocenters. The zero-order chi connectivity index (χ0) is 21.3. The molecule has 0 aliphatic carbocycles. The van der Waals surface area contributed by atoms with Gasteiger partial charge in [-0.2, -0.15) is 0 Å². The van der Waals surface area contributed by atoms with Crippen molar-refractivity contribution in [1.29, 1.82) is 5.41 Å². The van der Waals surface area contributed by atoms with Crippen molar-refractivity contribution in [3.63, 3.8) is 0 Å². The van der Waals surface area contributed by atoms with E-state index in [1.807, 2.05) is 25.1 Å². The number of pyridine rings is 1. The van der Waals surface area contributed by atoms with E-state index in [2.05, 4.69) is 20.3 Å². The van der Waals surface area contributed by atoms with Crippen molar-refractivity contribution in [2.24, 2.45) is 0 Å². The van der Waals surface area contributed by atoms with E-state index in [1.165, 1.54) is 6.20 Å². The Labute approximate surface area is 174 Å². The number of aryl methyl sites for hydroxylation is 1. The van der Waals surface area contributed by atoms with E-state index in [0.717, 1.165) is 5.56 Å². The van der Waals surface area contributed by atoms with Crippen molar-refractivity contribution in [3.05, 3.63) is 77.5 Å². The third kappa shape index (κ3) is 5.62. The van der Waals surface area contributed by atoms with E-state index in [0.29, 0.717) is 36.0 Å². The number of H-pyrrole nitrogens is 1. The number of aromatic amines is 1. The maximum absolute atomic E-state index is 12.3. The summed E-state index contributed by atoms with van der Waals surface area (Å²) >= 11 is 0. The number of hydrogen-bond acceptors (Lipinski definition) is 6. The molecule has 2 aromatic heterocycles. The number of hydrogen-bond donors (Lipinski definition) is 4. The van der Waals surface area contributed by atoms with Gasteiger partial charge in [0, 0.05) is 24.8 Å². The number of rotatable bonds is 9. The van der Waals surface area contributed by atoms with Gasteiger partial charge in [-0.3, -0.25) is 4.79 Å². The van der Waals surface area contributed by atoms with Gasteiger partial charge in [-0.15, -0.1) is 0 Å². The lowest BCUT2D eigenvalue weighted by Gasteiger charge is -2.10. The van der Waals surface area contributed by atoms with Crippen LogP contribution in [0.25, 0.3) is 6.08 Å². The number of ether oxygens (including phenoxy) is 1. The topological polar surface area (TPSA) is 124 Å². The monoisotopic (exact) mass is 405 g/mol. The lowest BCUT2D eigenvalue weighted by atomic mass is 10.1. The second kappa shape index (κ2) is 10.1. The molecule has 0 atom stereocenters. The summed E-state index contributed by atoms with van der Waals surface area (Å²) in [5.74, 6) is 1.13. The van der Waals surface area contributed by atoms with Crippen molar-refractivity contribution in [2.75, 3.05) is 18.5 Å². The smallest absolute Gasteiger partial charge is 0.274 e. The van der Waals surface area contributed by atoms with Gasteiger partial charge in [-0.05, 0) is 48.9 Å². The minimum atomic E-state index is -0.349. The van der Waals surface area contributed by atoms with E-state index in [-0.39, 0.29) is 23.9 Å². The van der Waals surface area contributed by atoms with E-state index in [1.54, 1.807) is 36.5 Å². The first-order chi connectivity index (χ1) is 14.6. The number of aromatic nitrogens is 3. The fourth-order valence-electron chi connectivity index (χ4n) is 2.64. The number of anilines is 1. The molecule has 3 rings (SSSR count). The maximum atomic E-state index is 12.3. The molecule has 3 aromatic rings. The average molecular weight is 405 g/mol. The van der Waals surface area contributed by atoms with Gasteiger partial charge in [-0.1, -0.05) is 12.1 Å². The Kier molecular flexibility index (Phi) is 7.07. The molecule has 4 N–H and O–H groups in total. The highest BCUT2D eigenvalue weighted by Gasteiger charge is 2.10. The molecular formula is C22H23N5O3. The van der Waals surface area contributed by atoms with E-state index in [4.69, 9.17) is 15.3 Å². The van der Waals surface area contributed by atoms with Crippen molar-refractivity contribution < 1.29 is 14.6 Å². The normalized spacial score (nSPS) is 10.9. The van der Waals surface area contributed by atoms with Gasteiger partial charge < -0.3 is 25.6 Å². The second-order valence-electron chi connectivity index (χ2n) is 6.52. The van der Waals surface area contributed by atoms with E-state index in [9.17, 15) is 4.79 Å². The summed E-state index contributed by atoms with van der Waals surface area (Å²) in [4.78, 5) is 23.5. The molecule has 0 aliphatic heterocycles. The molecule has 0 saturated heterocycles. The van der Waals surface area contributed by atoms with Crippen LogP contribution >= 0.6 is 0 Å². The second-order valence-corrected chi connectivity index (χ2v) is 6.52. The number of imidazole rings is 1. The van der Waals surface area contributed by atoms with Gasteiger partial charge in [0.2, 0.25) is 0 Å². The van der Waals surface area contributed by atoms with Crippen LogP contribution in [0.1, 0.15) is 33.9 Å². The Morgan fingerprint density at radius 3 is 2.93 bits per heavy atom. The van der Waals surface area contributed by atoms with Crippen LogP contribution in [-0.4, -0.2) is 44.9 Å². The summed E-state index contributed by atoms with van der Waals surface area (Å²) in [6, 6.07) is 10.8. The molecule has 2 heterocycles. The molecule has 0 radical (unpaired) electrons. The van der Waals surface area contributed by atoms with Gasteiger partial charge in [0.15, 0.2) is 0 Å². The number of para-hydroxylation sites is 1. The molecule has 0 saturated carbocycles. The van der Waals surface area contributed by atoms with Crippen LogP contribution in [-0.2, 0) is 0 Å². The predicted octanol–water partition coefficient (Wildman–Crippen LogP) is 3.21. The summed E-state index contributed by atoms with van der Waals surface area (Å²) in [6.07, 6.45) is 6.78. The molecule has 1 amide bonds. The third-order valence-electron chi connectivity index (χ3n) is 4.14. The summed E-state index contributed by atoms with van der Waals surface area (Å²) in [7, 11) is 0. The standard InChI is InChI=1S/C22H23N5O3/c1-15-9-10-24-21(13-15)27-22(29)18-14-25-20(26-18)8-7-17(23)16-5-2-3-6-19(16)30-12-4-11-28/h2-3,5-10,13-14,23,28H,4,11-12H2,1H3,(H,25,26)(H,24,27,29)/b8-7-,23-17?. The fraction of sp³-hybridized carbons (Fsp3) is 0.182. The number of carbonyl (C=O) groups excluding carboxylic acids is 1. The summed E-state index contributed by atoms with van der Waals surface area (Å²) in [5, 5.41) is 19.9. The molecule has 0 spiro atoms. The first kappa shape index (κ1) is 20.9. The third-order valence-corrected chi connectivity index (χ3v) is 4.14. The summed E-state index contributed by atoms with van der Waals surface area (Å²) in [5.41, 5.74) is 2.15. The molecule has 0 aliphatic rings. The fourth-order valence-corrected chi connectivity index (χ4v) is 2.64. The first-order valence-electron chi connectivity index (χ1n) is 9.45. The van der Waals surface area contributed by atoms with Gasteiger partial charge in [0.05, 0.1) is 18.5 Å². The Morgan fingerprint density at radius 1 is 1.30 bits per heavy atom. The number of nitrogens with one attached hydrogen (secondary N) is 3. The van der Waals surface area contributed by atoms with Crippen LogP contribution in [0.2, 0.25) is 0 Å². The Morgan fingerprint density at radius 2 is 2.13 bits per heavy atom. The highest BCUT2D eigenvalue weighted by molar-refractivity contribution is 6.10.